The Morgan fingerprint density at radius 3 is 2.65 bits per heavy atom. The van der Waals surface area contributed by atoms with E-state index in [1.807, 2.05) is 24.3 Å². The highest BCUT2D eigenvalue weighted by atomic mass is 16.3. The van der Waals surface area contributed by atoms with Gasteiger partial charge in [-0.2, -0.15) is 0 Å². The second-order valence-corrected chi connectivity index (χ2v) is 5.79. The minimum Gasteiger partial charge on any atom is -0.387 e. The normalized spacial score (nSPS) is 22.3. The molecule has 0 saturated heterocycles. The zero-order chi connectivity index (χ0) is 14.4. The lowest BCUT2D eigenvalue weighted by Gasteiger charge is -2.26. The number of hydrogen-bond acceptors (Lipinski definition) is 3. The fourth-order valence-corrected chi connectivity index (χ4v) is 2.70. The van der Waals surface area contributed by atoms with Crippen LogP contribution in [0.15, 0.2) is 24.3 Å². The maximum absolute atomic E-state index is 11.1. The molecule has 0 aromatic heterocycles. The maximum Gasteiger partial charge on any atom is 0.250 e. The molecule has 0 bridgehead atoms. The van der Waals surface area contributed by atoms with Gasteiger partial charge in [0.1, 0.15) is 6.61 Å². The van der Waals surface area contributed by atoms with E-state index >= 15 is 0 Å². The predicted molar refractivity (Wildman–Crippen MR) is 81.8 cm³/mol. The molecule has 1 fully saturated rings. The average molecular weight is 276 g/mol. The van der Waals surface area contributed by atoms with Crippen LogP contribution in [0.4, 0.5) is 11.4 Å². The van der Waals surface area contributed by atoms with Crippen molar-refractivity contribution in [1.82, 2.24) is 0 Å². The Kier molecular flexibility index (Phi) is 5.41. The van der Waals surface area contributed by atoms with Gasteiger partial charge in [-0.05, 0) is 42.9 Å². The molecular weight excluding hydrogens is 252 g/mol. The van der Waals surface area contributed by atoms with E-state index in [1.165, 1.54) is 25.7 Å². The van der Waals surface area contributed by atoms with Crippen molar-refractivity contribution < 1.29 is 9.90 Å². The standard InChI is InChI=1S/C16H24N2O2/c1-12-5-7-13(8-6-12)10-17-14-3-2-4-15(9-14)18-16(20)11-19/h2-4,9,12-13,17,19H,5-8,10-11H2,1H3,(H,18,20). The van der Waals surface area contributed by atoms with Gasteiger partial charge in [-0.3, -0.25) is 4.79 Å². The molecular formula is C16H24N2O2. The summed E-state index contributed by atoms with van der Waals surface area (Å²) in [6, 6.07) is 7.62. The molecule has 1 amide bonds. The number of hydrogen-bond donors (Lipinski definition) is 3. The van der Waals surface area contributed by atoms with Gasteiger partial charge in [-0.1, -0.05) is 25.8 Å². The minimum absolute atomic E-state index is 0.386. The highest BCUT2D eigenvalue weighted by Crippen LogP contribution is 2.28. The summed E-state index contributed by atoms with van der Waals surface area (Å²) >= 11 is 0. The van der Waals surface area contributed by atoms with Crippen molar-refractivity contribution >= 4 is 17.3 Å². The number of carbonyl (C=O) groups excluding carboxylic acids is 1. The number of anilines is 2. The van der Waals surface area contributed by atoms with Crippen LogP contribution in [0, 0.1) is 11.8 Å². The lowest BCUT2D eigenvalue weighted by Crippen LogP contribution is -2.20. The first-order chi connectivity index (χ1) is 9.67. The second-order valence-electron chi connectivity index (χ2n) is 5.79. The van der Waals surface area contributed by atoms with Crippen LogP contribution in [-0.4, -0.2) is 24.2 Å². The van der Waals surface area contributed by atoms with Crippen LogP contribution < -0.4 is 10.6 Å². The third kappa shape index (κ3) is 4.53. The molecule has 1 saturated carbocycles. The number of aliphatic hydroxyl groups excluding tert-OH is 1. The van der Waals surface area contributed by atoms with Crippen molar-refractivity contribution in [2.45, 2.75) is 32.6 Å². The largest absolute Gasteiger partial charge is 0.387 e. The third-order valence-corrected chi connectivity index (χ3v) is 4.02. The molecule has 4 nitrogen and oxygen atoms in total. The van der Waals surface area contributed by atoms with Crippen molar-refractivity contribution in [2.24, 2.45) is 11.8 Å². The molecule has 0 atom stereocenters. The Morgan fingerprint density at radius 1 is 1.25 bits per heavy atom. The summed E-state index contributed by atoms with van der Waals surface area (Å²) < 4.78 is 0. The van der Waals surface area contributed by atoms with Gasteiger partial charge in [0.2, 0.25) is 5.91 Å². The molecule has 1 aliphatic rings. The van der Waals surface area contributed by atoms with Crippen LogP contribution in [0.3, 0.4) is 0 Å². The van der Waals surface area contributed by atoms with E-state index in [0.717, 1.165) is 24.1 Å². The molecule has 0 aliphatic heterocycles. The van der Waals surface area contributed by atoms with Crippen LogP contribution >= 0.6 is 0 Å². The topological polar surface area (TPSA) is 61.4 Å². The molecule has 4 heteroatoms. The SMILES string of the molecule is CC1CCC(CNc2cccc(NC(=O)CO)c2)CC1. The van der Waals surface area contributed by atoms with Crippen LogP contribution in [0.5, 0.6) is 0 Å². The quantitative estimate of drug-likeness (QED) is 0.775. The molecule has 1 aliphatic carbocycles. The van der Waals surface area contributed by atoms with Crippen molar-refractivity contribution in [3.8, 4) is 0 Å². The molecule has 3 N–H and O–H groups in total. The van der Waals surface area contributed by atoms with E-state index in [-0.39, 0.29) is 5.91 Å². The first-order valence-electron chi connectivity index (χ1n) is 7.42. The van der Waals surface area contributed by atoms with Gasteiger partial charge in [-0.15, -0.1) is 0 Å². The van der Waals surface area contributed by atoms with Gasteiger partial charge in [0.05, 0.1) is 0 Å². The van der Waals surface area contributed by atoms with E-state index in [2.05, 4.69) is 17.6 Å². The van der Waals surface area contributed by atoms with Crippen LogP contribution in [-0.2, 0) is 4.79 Å². The summed E-state index contributed by atoms with van der Waals surface area (Å²) in [6.45, 7) is 2.83. The summed E-state index contributed by atoms with van der Waals surface area (Å²) in [6.07, 6.45) is 5.27. The highest BCUT2D eigenvalue weighted by molar-refractivity contribution is 5.91. The first kappa shape index (κ1) is 14.9. The van der Waals surface area contributed by atoms with Crippen molar-refractivity contribution in [3.05, 3.63) is 24.3 Å². The zero-order valence-corrected chi connectivity index (χ0v) is 12.1. The van der Waals surface area contributed by atoms with E-state index < -0.39 is 6.61 Å². The Labute approximate surface area is 120 Å². The Morgan fingerprint density at radius 2 is 1.95 bits per heavy atom. The molecule has 0 radical (unpaired) electrons. The van der Waals surface area contributed by atoms with Gasteiger partial charge < -0.3 is 15.7 Å². The molecule has 0 unspecified atom stereocenters. The van der Waals surface area contributed by atoms with E-state index in [1.54, 1.807) is 0 Å². The number of carbonyl (C=O) groups is 1. The summed E-state index contributed by atoms with van der Waals surface area (Å²) in [5.41, 5.74) is 1.73. The molecule has 110 valence electrons. The monoisotopic (exact) mass is 276 g/mol. The average Bonchev–Trinajstić information content (AvgIpc) is 2.47. The first-order valence-corrected chi connectivity index (χ1v) is 7.42. The maximum atomic E-state index is 11.1. The van der Waals surface area contributed by atoms with Crippen LogP contribution in [0.1, 0.15) is 32.6 Å². The summed E-state index contributed by atoms with van der Waals surface area (Å²) in [7, 11) is 0. The molecule has 1 aromatic carbocycles. The molecule has 0 heterocycles. The Bertz CT molecular complexity index is 440. The number of amides is 1. The Balaban J connectivity index is 1.83. The smallest absolute Gasteiger partial charge is 0.250 e. The summed E-state index contributed by atoms with van der Waals surface area (Å²) in [5, 5.41) is 14.8. The number of aliphatic hydroxyl groups is 1. The molecule has 20 heavy (non-hydrogen) atoms. The van der Waals surface area contributed by atoms with E-state index in [0.29, 0.717) is 5.69 Å². The van der Waals surface area contributed by atoms with Crippen molar-refractivity contribution in [1.29, 1.82) is 0 Å². The van der Waals surface area contributed by atoms with Gasteiger partial charge >= 0.3 is 0 Å². The lowest BCUT2D eigenvalue weighted by atomic mass is 9.83. The van der Waals surface area contributed by atoms with Crippen LogP contribution in [0.2, 0.25) is 0 Å². The van der Waals surface area contributed by atoms with Gasteiger partial charge in [0.25, 0.3) is 0 Å². The Hall–Kier alpha value is -1.55. The highest BCUT2D eigenvalue weighted by Gasteiger charge is 2.17. The number of rotatable bonds is 5. The van der Waals surface area contributed by atoms with Gasteiger partial charge in [-0.25, -0.2) is 0 Å². The van der Waals surface area contributed by atoms with Crippen molar-refractivity contribution in [3.63, 3.8) is 0 Å². The fraction of sp³-hybridized carbons (Fsp3) is 0.562. The number of nitrogens with one attached hydrogen (secondary N) is 2. The second kappa shape index (κ2) is 7.29. The molecule has 0 spiro atoms. The summed E-state index contributed by atoms with van der Waals surface area (Å²) in [4.78, 5) is 11.1. The van der Waals surface area contributed by atoms with Crippen LogP contribution in [0.25, 0.3) is 0 Å². The molecule has 1 aromatic rings. The number of benzene rings is 1. The predicted octanol–water partition coefficient (Wildman–Crippen LogP) is 2.86. The van der Waals surface area contributed by atoms with Gasteiger partial charge in [0.15, 0.2) is 0 Å². The van der Waals surface area contributed by atoms with E-state index in [9.17, 15) is 4.79 Å². The van der Waals surface area contributed by atoms with E-state index in [4.69, 9.17) is 5.11 Å². The minimum atomic E-state index is -0.488. The third-order valence-electron chi connectivity index (χ3n) is 4.02. The summed E-state index contributed by atoms with van der Waals surface area (Å²) in [5.74, 6) is 1.24. The zero-order valence-electron chi connectivity index (χ0n) is 12.1. The van der Waals surface area contributed by atoms with Crippen molar-refractivity contribution in [2.75, 3.05) is 23.8 Å². The lowest BCUT2D eigenvalue weighted by molar-refractivity contribution is -0.118. The fourth-order valence-electron chi connectivity index (χ4n) is 2.70. The molecule has 2 rings (SSSR count). The van der Waals surface area contributed by atoms with Gasteiger partial charge in [0, 0.05) is 17.9 Å².